The van der Waals surface area contributed by atoms with Gasteiger partial charge in [-0.1, -0.05) is 42.8 Å². The van der Waals surface area contributed by atoms with Gasteiger partial charge < -0.3 is 5.32 Å². The number of halogens is 2. The van der Waals surface area contributed by atoms with Crippen LogP contribution in [0.3, 0.4) is 0 Å². The van der Waals surface area contributed by atoms with Crippen molar-refractivity contribution in [2.24, 2.45) is 5.92 Å². The zero-order valence-electron chi connectivity index (χ0n) is 14.0. The van der Waals surface area contributed by atoms with Crippen molar-refractivity contribution < 1.29 is 12.8 Å². The predicted molar refractivity (Wildman–Crippen MR) is 97.9 cm³/mol. The summed E-state index contributed by atoms with van der Waals surface area (Å²) in [6.45, 7) is 1.97. The second-order valence-electron chi connectivity index (χ2n) is 6.38. The fourth-order valence-electron chi connectivity index (χ4n) is 3.09. The van der Waals surface area contributed by atoms with Crippen molar-refractivity contribution in [2.45, 2.75) is 37.2 Å². The third kappa shape index (κ3) is 4.22. The normalized spacial score (nSPS) is 16.0. The minimum atomic E-state index is -3.42. The average Bonchev–Trinajstić information content (AvgIpc) is 3.40. The third-order valence-corrected chi connectivity index (χ3v) is 6.84. The maximum Gasteiger partial charge on any atom is 0.179 e. The first kappa shape index (κ1) is 18.4. The van der Waals surface area contributed by atoms with E-state index in [-0.39, 0.29) is 27.5 Å². The SMILES string of the molecule is CCS(=O)(=O)c1c(Cl)cccc1CNC(c1cccc(F)c1)C1CC1. The summed E-state index contributed by atoms with van der Waals surface area (Å²) >= 11 is 6.16. The van der Waals surface area contributed by atoms with Gasteiger partial charge in [0.2, 0.25) is 0 Å². The molecule has 25 heavy (non-hydrogen) atoms. The second-order valence-corrected chi connectivity index (χ2v) is 9.00. The molecule has 6 heteroatoms. The maximum absolute atomic E-state index is 13.6. The number of sulfone groups is 1. The van der Waals surface area contributed by atoms with E-state index in [1.165, 1.54) is 12.1 Å². The summed E-state index contributed by atoms with van der Waals surface area (Å²) in [5.74, 6) is 0.189. The van der Waals surface area contributed by atoms with Gasteiger partial charge in [0.25, 0.3) is 0 Å². The van der Waals surface area contributed by atoms with Gasteiger partial charge in [-0.15, -0.1) is 0 Å². The van der Waals surface area contributed by atoms with Crippen LogP contribution in [-0.2, 0) is 16.4 Å². The minimum absolute atomic E-state index is 0.000314. The van der Waals surface area contributed by atoms with E-state index in [1.54, 1.807) is 31.2 Å². The lowest BCUT2D eigenvalue weighted by Gasteiger charge is -2.20. The average molecular weight is 382 g/mol. The molecule has 0 heterocycles. The standard InChI is InChI=1S/C19H21ClFNO2S/c1-2-25(23,24)19-15(6-4-8-17(19)20)12-22-18(13-9-10-13)14-5-3-7-16(21)11-14/h3-8,11,13,18,22H,2,9-10,12H2,1H3. The van der Waals surface area contributed by atoms with E-state index >= 15 is 0 Å². The lowest BCUT2D eigenvalue weighted by Crippen LogP contribution is -2.24. The Labute approximate surface area is 153 Å². The smallest absolute Gasteiger partial charge is 0.179 e. The molecule has 0 bridgehead atoms. The zero-order valence-corrected chi connectivity index (χ0v) is 15.6. The Kier molecular flexibility index (Phi) is 5.46. The summed E-state index contributed by atoms with van der Waals surface area (Å²) in [6, 6.07) is 11.7. The molecule has 0 aliphatic heterocycles. The van der Waals surface area contributed by atoms with Crippen LogP contribution in [0.1, 0.15) is 36.9 Å². The summed E-state index contributed by atoms with van der Waals surface area (Å²) in [5, 5.41) is 3.66. The van der Waals surface area contributed by atoms with Crippen LogP contribution < -0.4 is 5.32 Å². The van der Waals surface area contributed by atoms with Crippen molar-refractivity contribution in [2.75, 3.05) is 5.75 Å². The Morgan fingerprint density at radius 3 is 2.60 bits per heavy atom. The topological polar surface area (TPSA) is 46.2 Å². The van der Waals surface area contributed by atoms with Gasteiger partial charge in [0.1, 0.15) is 5.82 Å². The first-order valence-electron chi connectivity index (χ1n) is 8.41. The monoisotopic (exact) mass is 381 g/mol. The van der Waals surface area contributed by atoms with Gasteiger partial charge in [-0.25, -0.2) is 12.8 Å². The molecule has 0 spiro atoms. The molecule has 0 aromatic heterocycles. The Morgan fingerprint density at radius 2 is 1.96 bits per heavy atom. The van der Waals surface area contributed by atoms with Gasteiger partial charge >= 0.3 is 0 Å². The van der Waals surface area contributed by atoms with E-state index in [0.717, 1.165) is 18.4 Å². The maximum atomic E-state index is 13.6. The Hall–Kier alpha value is -1.43. The van der Waals surface area contributed by atoms with Crippen LogP contribution in [0.5, 0.6) is 0 Å². The van der Waals surface area contributed by atoms with Gasteiger partial charge in [0, 0.05) is 12.6 Å². The molecule has 2 aromatic rings. The first-order valence-corrected chi connectivity index (χ1v) is 10.4. The van der Waals surface area contributed by atoms with Crippen LogP contribution in [0, 0.1) is 11.7 Å². The van der Waals surface area contributed by atoms with Crippen LogP contribution >= 0.6 is 11.6 Å². The molecule has 1 unspecified atom stereocenters. The van der Waals surface area contributed by atoms with E-state index in [2.05, 4.69) is 5.32 Å². The predicted octanol–water partition coefficient (Wildman–Crippen LogP) is 4.51. The lowest BCUT2D eigenvalue weighted by atomic mass is 10.0. The van der Waals surface area contributed by atoms with E-state index in [4.69, 9.17) is 11.6 Å². The number of hydrogen-bond donors (Lipinski definition) is 1. The van der Waals surface area contributed by atoms with E-state index in [0.29, 0.717) is 18.0 Å². The molecule has 1 fully saturated rings. The molecule has 3 rings (SSSR count). The molecule has 0 saturated heterocycles. The third-order valence-electron chi connectivity index (χ3n) is 4.55. The van der Waals surface area contributed by atoms with Crippen molar-refractivity contribution >= 4 is 21.4 Å². The molecule has 1 aliphatic rings. The minimum Gasteiger partial charge on any atom is -0.306 e. The quantitative estimate of drug-likeness (QED) is 0.767. The van der Waals surface area contributed by atoms with Crippen molar-refractivity contribution in [3.05, 3.63) is 64.4 Å². The molecule has 1 saturated carbocycles. The van der Waals surface area contributed by atoms with Crippen LogP contribution in [-0.4, -0.2) is 14.2 Å². The lowest BCUT2D eigenvalue weighted by molar-refractivity contribution is 0.474. The number of benzene rings is 2. The number of rotatable bonds is 7. The van der Waals surface area contributed by atoms with Gasteiger partial charge in [-0.3, -0.25) is 0 Å². The highest BCUT2D eigenvalue weighted by atomic mass is 35.5. The van der Waals surface area contributed by atoms with Crippen molar-refractivity contribution in [1.29, 1.82) is 0 Å². The highest BCUT2D eigenvalue weighted by Crippen LogP contribution is 2.41. The largest absolute Gasteiger partial charge is 0.306 e. The van der Waals surface area contributed by atoms with Crippen LogP contribution in [0.15, 0.2) is 47.4 Å². The van der Waals surface area contributed by atoms with Crippen molar-refractivity contribution in [1.82, 2.24) is 5.32 Å². The molecule has 1 N–H and O–H groups in total. The molecular weight excluding hydrogens is 361 g/mol. The fraction of sp³-hybridized carbons (Fsp3) is 0.368. The van der Waals surface area contributed by atoms with Crippen LogP contribution in [0.25, 0.3) is 0 Å². The van der Waals surface area contributed by atoms with Crippen LogP contribution in [0.4, 0.5) is 4.39 Å². The molecule has 1 atom stereocenters. The highest BCUT2D eigenvalue weighted by Gasteiger charge is 2.32. The summed E-state index contributed by atoms with van der Waals surface area (Å²) in [7, 11) is -3.42. The molecule has 1 aliphatic carbocycles. The van der Waals surface area contributed by atoms with Gasteiger partial charge in [0.05, 0.1) is 15.7 Å². The van der Waals surface area contributed by atoms with Gasteiger partial charge in [0.15, 0.2) is 9.84 Å². The van der Waals surface area contributed by atoms with Gasteiger partial charge in [-0.2, -0.15) is 0 Å². The molecule has 134 valence electrons. The van der Waals surface area contributed by atoms with E-state index in [1.807, 2.05) is 6.07 Å². The summed E-state index contributed by atoms with van der Waals surface area (Å²) in [6.07, 6.45) is 2.17. The second kappa shape index (κ2) is 7.44. The summed E-state index contributed by atoms with van der Waals surface area (Å²) < 4.78 is 38.3. The molecule has 2 aromatic carbocycles. The molecule has 0 amide bonds. The van der Waals surface area contributed by atoms with E-state index < -0.39 is 9.84 Å². The molecule has 3 nitrogen and oxygen atoms in total. The molecular formula is C19H21ClFNO2S. The zero-order chi connectivity index (χ0) is 18.0. The molecule has 0 radical (unpaired) electrons. The Balaban J connectivity index is 1.86. The Bertz CT molecular complexity index is 865. The fourth-order valence-corrected chi connectivity index (χ4v) is 4.83. The summed E-state index contributed by atoms with van der Waals surface area (Å²) in [4.78, 5) is 0.195. The number of nitrogens with one attached hydrogen (secondary N) is 1. The van der Waals surface area contributed by atoms with E-state index in [9.17, 15) is 12.8 Å². The first-order chi connectivity index (χ1) is 11.9. The van der Waals surface area contributed by atoms with Crippen LogP contribution in [0.2, 0.25) is 5.02 Å². The van der Waals surface area contributed by atoms with Gasteiger partial charge in [-0.05, 0) is 48.1 Å². The summed E-state index contributed by atoms with van der Waals surface area (Å²) in [5.41, 5.74) is 1.54. The van der Waals surface area contributed by atoms with Crippen molar-refractivity contribution in [3.8, 4) is 0 Å². The van der Waals surface area contributed by atoms with Crippen molar-refractivity contribution in [3.63, 3.8) is 0 Å². The number of hydrogen-bond acceptors (Lipinski definition) is 3. The Morgan fingerprint density at radius 1 is 1.24 bits per heavy atom. The highest BCUT2D eigenvalue weighted by molar-refractivity contribution is 7.91.